The number of fused-ring (bicyclic) bond motifs is 1. The van der Waals surface area contributed by atoms with Crippen LogP contribution in [-0.2, 0) is 0 Å². The summed E-state index contributed by atoms with van der Waals surface area (Å²) in [5.41, 5.74) is 1.22. The van der Waals surface area contributed by atoms with Gasteiger partial charge in [0.05, 0.1) is 5.39 Å². The van der Waals surface area contributed by atoms with Gasteiger partial charge in [0, 0.05) is 5.56 Å². The Balaban J connectivity index is 2.27. The fourth-order valence-electron chi connectivity index (χ4n) is 1.77. The average Bonchev–Trinajstić information content (AvgIpc) is 2.71. The van der Waals surface area contributed by atoms with E-state index in [0.717, 1.165) is 0 Å². The lowest BCUT2D eigenvalue weighted by Gasteiger charge is -1.97. The molecule has 0 saturated carbocycles. The van der Waals surface area contributed by atoms with Crippen LogP contribution in [0.3, 0.4) is 0 Å². The van der Waals surface area contributed by atoms with Crippen LogP contribution in [0.15, 0.2) is 47.0 Å². The second-order valence-electron chi connectivity index (χ2n) is 3.72. The van der Waals surface area contributed by atoms with Crippen LogP contribution in [0, 0.1) is 5.82 Å². The highest BCUT2D eigenvalue weighted by atomic mass is 19.1. The van der Waals surface area contributed by atoms with Gasteiger partial charge in [0.2, 0.25) is 0 Å². The van der Waals surface area contributed by atoms with E-state index in [9.17, 15) is 9.50 Å². The fraction of sp³-hybridized carbons (Fsp3) is 0. The summed E-state index contributed by atoms with van der Waals surface area (Å²) in [6.45, 7) is 0. The SMILES string of the molecule is Oc1ccc2noc(-c3cccc(F)c3)c2c1. The van der Waals surface area contributed by atoms with Crippen molar-refractivity contribution in [3.63, 3.8) is 0 Å². The number of phenolic OH excluding ortho intramolecular Hbond substituents is 1. The van der Waals surface area contributed by atoms with Gasteiger partial charge in [-0.05, 0) is 30.3 Å². The smallest absolute Gasteiger partial charge is 0.174 e. The minimum atomic E-state index is -0.341. The predicted molar refractivity (Wildman–Crippen MR) is 61.1 cm³/mol. The molecule has 0 fully saturated rings. The molecule has 0 aliphatic rings. The van der Waals surface area contributed by atoms with E-state index in [-0.39, 0.29) is 11.6 Å². The molecule has 1 N–H and O–H groups in total. The van der Waals surface area contributed by atoms with E-state index in [1.54, 1.807) is 24.3 Å². The lowest BCUT2D eigenvalue weighted by Crippen LogP contribution is -1.78. The maximum atomic E-state index is 13.1. The van der Waals surface area contributed by atoms with E-state index in [4.69, 9.17) is 4.52 Å². The summed E-state index contributed by atoms with van der Waals surface area (Å²) >= 11 is 0. The van der Waals surface area contributed by atoms with Crippen molar-refractivity contribution in [3.8, 4) is 17.1 Å². The molecule has 0 spiro atoms. The standard InChI is InChI=1S/C13H8FNO2/c14-9-3-1-2-8(6-9)13-11-7-10(16)4-5-12(11)15-17-13/h1-7,16H. The van der Waals surface area contributed by atoms with Crippen molar-refractivity contribution in [1.82, 2.24) is 5.16 Å². The Hall–Kier alpha value is -2.36. The Kier molecular flexibility index (Phi) is 2.08. The van der Waals surface area contributed by atoms with Crippen LogP contribution in [0.2, 0.25) is 0 Å². The number of halogens is 1. The van der Waals surface area contributed by atoms with Crippen LogP contribution in [0.5, 0.6) is 5.75 Å². The van der Waals surface area contributed by atoms with E-state index in [0.29, 0.717) is 22.2 Å². The van der Waals surface area contributed by atoms with E-state index in [1.165, 1.54) is 18.2 Å². The van der Waals surface area contributed by atoms with E-state index in [1.807, 2.05) is 0 Å². The minimum absolute atomic E-state index is 0.123. The molecule has 0 unspecified atom stereocenters. The summed E-state index contributed by atoms with van der Waals surface area (Å²) in [5.74, 6) is 0.237. The summed E-state index contributed by atoms with van der Waals surface area (Å²) in [5, 5.41) is 14.0. The van der Waals surface area contributed by atoms with Gasteiger partial charge in [-0.3, -0.25) is 0 Å². The fourth-order valence-corrected chi connectivity index (χ4v) is 1.77. The molecule has 3 rings (SSSR count). The maximum absolute atomic E-state index is 13.1. The summed E-state index contributed by atoms with van der Waals surface area (Å²) in [7, 11) is 0. The molecule has 0 aliphatic heterocycles. The third kappa shape index (κ3) is 1.63. The van der Waals surface area contributed by atoms with Crippen molar-refractivity contribution in [1.29, 1.82) is 0 Å². The topological polar surface area (TPSA) is 46.3 Å². The Morgan fingerprint density at radius 1 is 1.12 bits per heavy atom. The molecule has 84 valence electrons. The average molecular weight is 229 g/mol. The van der Waals surface area contributed by atoms with E-state index >= 15 is 0 Å². The van der Waals surface area contributed by atoms with Crippen LogP contribution >= 0.6 is 0 Å². The molecule has 3 aromatic rings. The third-order valence-electron chi connectivity index (χ3n) is 2.55. The molecule has 1 aromatic heterocycles. The van der Waals surface area contributed by atoms with Crippen LogP contribution in [-0.4, -0.2) is 10.3 Å². The molecule has 0 atom stereocenters. The molecule has 0 bridgehead atoms. The quantitative estimate of drug-likeness (QED) is 0.696. The number of phenols is 1. The highest BCUT2D eigenvalue weighted by molar-refractivity contribution is 5.92. The predicted octanol–water partition coefficient (Wildman–Crippen LogP) is 3.34. The molecule has 0 radical (unpaired) electrons. The van der Waals surface area contributed by atoms with Gasteiger partial charge in [0.1, 0.15) is 17.1 Å². The summed E-state index contributed by atoms with van der Waals surface area (Å²) in [4.78, 5) is 0. The van der Waals surface area contributed by atoms with Crippen LogP contribution < -0.4 is 0 Å². The molecule has 0 aliphatic carbocycles. The maximum Gasteiger partial charge on any atom is 0.174 e. The zero-order valence-corrected chi connectivity index (χ0v) is 8.72. The molecule has 1 heterocycles. The largest absolute Gasteiger partial charge is 0.508 e. The first-order valence-electron chi connectivity index (χ1n) is 5.08. The number of aromatic hydroxyl groups is 1. The Morgan fingerprint density at radius 3 is 2.82 bits per heavy atom. The zero-order valence-electron chi connectivity index (χ0n) is 8.72. The first kappa shape index (κ1) is 9.84. The van der Waals surface area contributed by atoms with Crippen molar-refractivity contribution < 1.29 is 14.0 Å². The first-order valence-corrected chi connectivity index (χ1v) is 5.08. The summed E-state index contributed by atoms with van der Waals surface area (Å²) in [6, 6.07) is 10.8. The monoisotopic (exact) mass is 229 g/mol. The molecular formula is C13H8FNO2. The van der Waals surface area contributed by atoms with Crippen molar-refractivity contribution in [2.75, 3.05) is 0 Å². The van der Waals surface area contributed by atoms with Gasteiger partial charge < -0.3 is 9.63 Å². The van der Waals surface area contributed by atoms with Gasteiger partial charge in [-0.25, -0.2) is 4.39 Å². The molecule has 4 heteroatoms. The molecule has 2 aromatic carbocycles. The number of hydrogen-bond donors (Lipinski definition) is 1. The summed E-state index contributed by atoms with van der Waals surface area (Å²) < 4.78 is 18.3. The normalized spacial score (nSPS) is 10.9. The second kappa shape index (κ2) is 3.59. The van der Waals surface area contributed by atoms with Gasteiger partial charge >= 0.3 is 0 Å². The van der Waals surface area contributed by atoms with Crippen LogP contribution in [0.4, 0.5) is 4.39 Å². The molecule has 3 nitrogen and oxygen atoms in total. The van der Waals surface area contributed by atoms with Gasteiger partial charge in [-0.15, -0.1) is 0 Å². The van der Waals surface area contributed by atoms with Crippen molar-refractivity contribution in [2.45, 2.75) is 0 Å². The lowest BCUT2D eigenvalue weighted by atomic mass is 10.1. The Morgan fingerprint density at radius 2 is 2.00 bits per heavy atom. The van der Waals surface area contributed by atoms with Crippen molar-refractivity contribution in [3.05, 3.63) is 48.3 Å². The molecule has 0 amide bonds. The van der Waals surface area contributed by atoms with Crippen LogP contribution in [0.1, 0.15) is 0 Å². The highest BCUT2D eigenvalue weighted by Gasteiger charge is 2.11. The number of rotatable bonds is 1. The number of nitrogens with zero attached hydrogens (tertiary/aromatic N) is 1. The molecular weight excluding hydrogens is 221 g/mol. The lowest BCUT2D eigenvalue weighted by molar-refractivity contribution is 0.440. The van der Waals surface area contributed by atoms with E-state index < -0.39 is 0 Å². The van der Waals surface area contributed by atoms with Gasteiger partial charge in [-0.2, -0.15) is 0 Å². The first-order chi connectivity index (χ1) is 8.24. The van der Waals surface area contributed by atoms with Gasteiger partial charge in [-0.1, -0.05) is 17.3 Å². The Labute approximate surface area is 96.1 Å². The van der Waals surface area contributed by atoms with Crippen molar-refractivity contribution >= 4 is 10.9 Å². The molecule has 17 heavy (non-hydrogen) atoms. The minimum Gasteiger partial charge on any atom is -0.508 e. The number of aromatic nitrogens is 1. The van der Waals surface area contributed by atoms with Gasteiger partial charge in [0.15, 0.2) is 5.76 Å². The van der Waals surface area contributed by atoms with Crippen molar-refractivity contribution in [2.24, 2.45) is 0 Å². The number of benzene rings is 2. The van der Waals surface area contributed by atoms with E-state index in [2.05, 4.69) is 5.16 Å². The van der Waals surface area contributed by atoms with Crippen LogP contribution in [0.25, 0.3) is 22.2 Å². The highest BCUT2D eigenvalue weighted by Crippen LogP contribution is 2.30. The Bertz CT molecular complexity index is 691. The molecule has 0 saturated heterocycles. The second-order valence-corrected chi connectivity index (χ2v) is 3.72. The summed E-state index contributed by atoms with van der Waals surface area (Å²) in [6.07, 6.45) is 0. The van der Waals surface area contributed by atoms with Gasteiger partial charge in [0.25, 0.3) is 0 Å². The zero-order chi connectivity index (χ0) is 11.8. The number of hydrogen-bond acceptors (Lipinski definition) is 3. The third-order valence-corrected chi connectivity index (χ3v) is 2.55.